The SMILES string of the molecule is CC(=O)N1CCCCC1c1ccnc2c(C(N)=O)cnn12. The molecule has 0 bridgehead atoms. The Hall–Kier alpha value is -2.44. The standard InChI is InChI=1S/C14H17N5O2/c1-9(20)18-7-3-2-4-11(18)12-5-6-16-14-10(13(15)21)8-17-19(12)14/h5-6,8,11H,2-4,7H2,1H3,(H2,15,21). The maximum absolute atomic E-state index is 11.8. The van der Waals surface area contributed by atoms with E-state index in [4.69, 9.17) is 5.73 Å². The number of hydrogen-bond acceptors (Lipinski definition) is 4. The van der Waals surface area contributed by atoms with Crippen LogP contribution in [0.4, 0.5) is 0 Å². The highest BCUT2D eigenvalue weighted by Crippen LogP contribution is 2.31. The van der Waals surface area contributed by atoms with Crippen LogP contribution in [-0.4, -0.2) is 37.9 Å². The predicted molar refractivity (Wildman–Crippen MR) is 75.5 cm³/mol. The van der Waals surface area contributed by atoms with Crippen LogP contribution in [0.15, 0.2) is 18.5 Å². The van der Waals surface area contributed by atoms with Crippen LogP contribution in [0, 0.1) is 0 Å². The van der Waals surface area contributed by atoms with Gasteiger partial charge in [-0.05, 0) is 25.3 Å². The zero-order valence-electron chi connectivity index (χ0n) is 11.8. The van der Waals surface area contributed by atoms with Crippen LogP contribution < -0.4 is 5.73 Å². The lowest BCUT2D eigenvalue weighted by atomic mass is 9.99. The van der Waals surface area contributed by atoms with Gasteiger partial charge in [-0.1, -0.05) is 0 Å². The first-order valence-electron chi connectivity index (χ1n) is 6.99. The van der Waals surface area contributed by atoms with Gasteiger partial charge in [-0.2, -0.15) is 5.10 Å². The molecule has 0 spiro atoms. The molecule has 0 radical (unpaired) electrons. The van der Waals surface area contributed by atoms with Crippen molar-refractivity contribution in [1.82, 2.24) is 19.5 Å². The maximum atomic E-state index is 11.8. The second kappa shape index (κ2) is 5.16. The summed E-state index contributed by atoms with van der Waals surface area (Å²) in [6.45, 7) is 2.32. The molecule has 3 rings (SSSR count). The Morgan fingerprint density at radius 2 is 2.19 bits per heavy atom. The van der Waals surface area contributed by atoms with Gasteiger partial charge in [0.1, 0.15) is 5.56 Å². The first-order valence-corrected chi connectivity index (χ1v) is 6.99. The second-order valence-electron chi connectivity index (χ2n) is 5.25. The van der Waals surface area contributed by atoms with Gasteiger partial charge in [0.15, 0.2) is 5.65 Å². The quantitative estimate of drug-likeness (QED) is 0.888. The normalized spacial score (nSPS) is 18.9. The molecule has 1 saturated heterocycles. The third-order valence-corrected chi connectivity index (χ3v) is 3.94. The van der Waals surface area contributed by atoms with Crippen molar-refractivity contribution >= 4 is 17.5 Å². The van der Waals surface area contributed by atoms with Crippen molar-refractivity contribution in [2.45, 2.75) is 32.2 Å². The fraction of sp³-hybridized carbons (Fsp3) is 0.429. The highest BCUT2D eigenvalue weighted by atomic mass is 16.2. The second-order valence-corrected chi connectivity index (χ2v) is 5.25. The number of likely N-dealkylation sites (tertiary alicyclic amines) is 1. The number of hydrogen-bond donors (Lipinski definition) is 1. The van der Waals surface area contributed by atoms with Crippen molar-refractivity contribution in [2.24, 2.45) is 5.73 Å². The molecule has 2 amide bonds. The summed E-state index contributed by atoms with van der Waals surface area (Å²) in [6.07, 6.45) is 6.00. The third-order valence-electron chi connectivity index (χ3n) is 3.94. The van der Waals surface area contributed by atoms with Gasteiger partial charge in [0.05, 0.1) is 17.9 Å². The highest BCUT2D eigenvalue weighted by molar-refractivity contribution is 5.98. The number of rotatable bonds is 2. The average molecular weight is 287 g/mol. The van der Waals surface area contributed by atoms with Gasteiger partial charge in [-0.3, -0.25) is 9.59 Å². The van der Waals surface area contributed by atoms with E-state index in [0.717, 1.165) is 31.5 Å². The fourth-order valence-corrected chi connectivity index (χ4v) is 2.95. The minimum atomic E-state index is -0.554. The molecule has 1 aliphatic heterocycles. The summed E-state index contributed by atoms with van der Waals surface area (Å²) in [5.74, 6) is -0.506. The highest BCUT2D eigenvalue weighted by Gasteiger charge is 2.28. The van der Waals surface area contributed by atoms with E-state index in [1.807, 2.05) is 11.0 Å². The van der Waals surface area contributed by atoms with Crippen LogP contribution in [0.2, 0.25) is 0 Å². The molecule has 2 N–H and O–H groups in total. The zero-order valence-corrected chi connectivity index (χ0v) is 11.8. The first kappa shape index (κ1) is 13.5. The molecule has 0 aromatic carbocycles. The van der Waals surface area contributed by atoms with Crippen molar-refractivity contribution in [3.05, 3.63) is 29.7 Å². The molecule has 2 aromatic heterocycles. The topological polar surface area (TPSA) is 93.6 Å². The van der Waals surface area contributed by atoms with Crippen LogP contribution in [0.1, 0.15) is 48.3 Å². The zero-order chi connectivity index (χ0) is 15.0. The van der Waals surface area contributed by atoms with Crippen molar-refractivity contribution in [2.75, 3.05) is 6.54 Å². The Kier molecular flexibility index (Phi) is 3.32. The summed E-state index contributed by atoms with van der Waals surface area (Å²) in [7, 11) is 0. The summed E-state index contributed by atoms with van der Waals surface area (Å²) >= 11 is 0. The average Bonchev–Trinajstić information content (AvgIpc) is 2.91. The Morgan fingerprint density at radius 1 is 1.38 bits per heavy atom. The van der Waals surface area contributed by atoms with Gasteiger partial charge in [0.2, 0.25) is 5.91 Å². The molecule has 2 aromatic rings. The van der Waals surface area contributed by atoms with Gasteiger partial charge >= 0.3 is 0 Å². The summed E-state index contributed by atoms with van der Waals surface area (Å²) in [4.78, 5) is 29.3. The van der Waals surface area contributed by atoms with Gasteiger partial charge in [0, 0.05) is 19.7 Å². The van der Waals surface area contributed by atoms with Crippen LogP contribution in [0.3, 0.4) is 0 Å². The summed E-state index contributed by atoms with van der Waals surface area (Å²) in [6, 6.07) is 1.80. The van der Waals surface area contributed by atoms with Crippen LogP contribution in [-0.2, 0) is 4.79 Å². The number of carbonyl (C=O) groups excluding carboxylic acids is 2. The number of piperidine rings is 1. The van der Waals surface area contributed by atoms with Gasteiger partial charge < -0.3 is 10.6 Å². The maximum Gasteiger partial charge on any atom is 0.254 e. The lowest BCUT2D eigenvalue weighted by molar-refractivity contribution is -0.132. The molecule has 7 heteroatoms. The monoisotopic (exact) mass is 287 g/mol. The van der Waals surface area contributed by atoms with Crippen LogP contribution >= 0.6 is 0 Å². The van der Waals surface area contributed by atoms with E-state index in [0.29, 0.717) is 11.2 Å². The number of fused-ring (bicyclic) bond motifs is 1. The van der Waals surface area contributed by atoms with Crippen molar-refractivity contribution in [1.29, 1.82) is 0 Å². The van der Waals surface area contributed by atoms with E-state index in [-0.39, 0.29) is 11.9 Å². The number of nitrogens with zero attached hydrogens (tertiary/aromatic N) is 4. The number of carbonyl (C=O) groups is 2. The van der Waals surface area contributed by atoms with E-state index >= 15 is 0 Å². The molecule has 0 aliphatic carbocycles. The van der Waals surface area contributed by atoms with Crippen molar-refractivity contribution < 1.29 is 9.59 Å². The smallest absolute Gasteiger partial charge is 0.254 e. The molecule has 1 aliphatic rings. The number of amides is 2. The summed E-state index contributed by atoms with van der Waals surface area (Å²) in [5, 5.41) is 4.22. The number of aromatic nitrogens is 3. The van der Waals surface area contributed by atoms with E-state index in [2.05, 4.69) is 10.1 Å². The Bertz CT molecular complexity index is 708. The third kappa shape index (κ3) is 2.24. The van der Waals surface area contributed by atoms with Crippen LogP contribution in [0.25, 0.3) is 5.65 Å². The van der Waals surface area contributed by atoms with Gasteiger partial charge in [0.25, 0.3) is 5.91 Å². The molecule has 1 atom stereocenters. The molecule has 0 saturated carbocycles. The molecule has 1 unspecified atom stereocenters. The van der Waals surface area contributed by atoms with Crippen molar-refractivity contribution in [3.8, 4) is 0 Å². The molecular weight excluding hydrogens is 270 g/mol. The van der Waals surface area contributed by atoms with E-state index in [1.54, 1.807) is 17.6 Å². The van der Waals surface area contributed by atoms with E-state index in [1.165, 1.54) is 6.20 Å². The Labute approximate surface area is 121 Å². The molecular formula is C14H17N5O2. The van der Waals surface area contributed by atoms with Gasteiger partial charge in [-0.25, -0.2) is 9.50 Å². The molecule has 1 fully saturated rings. The first-order chi connectivity index (χ1) is 10.1. The Balaban J connectivity index is 2.11. The largest absolute Gasteiger partial charge is 0.365 e. The summed E-state index contributed by atoms with van der Waals surface area (Å²) in [5.41, 5.74) is 6.93. The molecule has 21 heavy (non-hydrogen) atoms. The summed E-state index contributed by atoms with van der Waals surface area (Å²) < 4.78 is 1.62. The minimum Gasteiger partial charge on any atom is -0.365 e. The lowest BCUT2D eigenvalue weighted by Gasteiger charge is -2.35. The minimum absolute atomic E-state index is 0.0395. The predicted octanol–water partition coefficient (Wildman–Crippen LogP) is 0.902. The Morgan fingerprint density at radius 3 is 2.90 bits per heavy atom. The number of nitrogens with two attached hydrogens (primary N) is 1. The fourth-order valence-electron chi connectivity index (χ4n) is 2.95. The molecule has 7 nitrogen and oxygen atoms in total. The van der Waals surface area contributed by atoms with E-state index in [9.17, 15) is 9.59 Å². The van der Waals surface area contributed by atoms with Crippen LogP contribution in [0.5, 0.6) is 0 Å². The van der Waals surface area contributed by atoms with Crippen molar-refractivity contribution in [3.63, 3.8) is 0 Å². The van der Waals surface area contributed by atoms with Gasteiger partial charge in [-0.15, -0.1) is 0 Å². The lowest BCUT2D eigenvalue weighted by Crippen LogP contribution is -2.37. The molecule has 3 heterocycles. The number of primary amides is 1. The molecule has 110 valence electrons. The van der Waals surface area contributed by atoms with E-state index < -0.39 is 5.91 Å².